The Morgan fingerprint density at radius 2 is 2.28 bits per heavy atom. The highest BCUT2D eigenvalue weighted by Crippen LogP contribution is 2.10. The predicted molar refractivity (Wildman–Crippen MR) is 75.5 cm³/mol. The summed E-state index contributed by atoms with van der Waals surface area (Å²) in [5.41, 5.74) is 0.883. The molecule has 0 saturated heterocycles. The quantitative estimate of drug-likeness (QED) is 0.644. The normalized spacial score (nSPS) is 11.2. The Balaban J connectivity index is 2.35. The van der Waals surface area contributed by atoms with E-state index in [9.17, 15) is 4.79 Å². The maximum atomic E-state index is 12.1. The van der Waals surface area contributed by atoms with Gasteiger partial charge in [0.1, 0.15) is 4.60 Å². The van der Waals surface area contributed by atoms with Crippen molar-refractivity contribution in [2.75, 3.05) is 0 Å². The molecule has 0 atom stereocenters. The van der Waals surface area contributed by atoms with Crippen molar-refractivity contribution in [2.24, 2.45) is 0 Å². The van der Waals surface area contributed by atoms with Gasteiger partial charge in [-0.05, 0) is 34.5 Å². The Hall–Kier alpha value is -1.75. The molecule has 0 aliphatic rings. The molecule has 4 nitrogen and oxygen atoms in total. The van der Waals surface area contributed by atoms with Gasteiger partial charge in [-0.2, -0.15) is 0 Å². The van der Waals surface area contributed by atoms with E-state index < -0.39 is 0 Å². The predicted octanol–water partition coefficient (Wildman–Crippen LogP) is 2.69. The van der Waals surface area contributed by atoms with E-state index in [1.165, 1.54) is 0 Å². The number of aromatic nitrogens is 3. The van der Waals surface area contributed by atoms with Gasteiger partial charge in [-0.15, -0.1) is 0 Å². The Morgan fingerprint density at radius 1 is 1.44 bits per heavy atom. The first kappa shape index (κ1) is 12.7. The molecule has 0 saturated carbocycles. The molecule has 2 aromatic heterocycles. The Bertz CT molecular complexity index is 661. The first-order valence-electron chi connectivity index (χ1n) is 5.51. The van der Waals surface area contributed by atoms with E-state index >= 15 is 0 Å². The molecule has 0 radical (unpaired) electrons. The second-order valence-electron chi connectivity index (χ2n) is 3.70. The van der Waals surface area contributed by atoms with Gasteiger partial charge in [-0.25, -0.2) is 9.97 Å². The number of rotatable bonds is 4. The zero-order chi connectivity index (χ0) is 13.0. The third-order valence-corrected chi connectivity index (χ3v) is 2.89. The summed E-state index contributed by atoms with van der Waals surface area (Å²) in [6, 6.07) is 3.54. The van der Waals surface area contributed by atoms with Crippen LogP contribution in [0.3, 0.4) is 0 Å². The number of pyridine rings is 1. The summed E-state index contributed by atoms with van der Waals surface area (Å²) >= 11 is 3.26. The van der Waals surface area contributed by atoms with Crippen molar-refractivity contribution in [3.05, 3.63) is 58.2 Å². The smallest absolute Gasteiger partial charge is 0.279 e. The fourth-order valence-corrected chi connectivity index (χ4v) is 1.88. The van der Waals surface area contributed by atoms with Crippen LogP contribution in [0.4, 0.5) is 0 Å². The molecule has 2 rings (SSSR count). The molecule has 5 heteroatoms. The Kier molecular flexibility index (Phi) is 4.04. The maximum absolute atomic E-state index is 12.1. The topological polar surface area (TPSA) is 47.8 Å². The number of aryl methyl sites for hydroxylation is 1. The SMILES string of the molecule is C=C/C=C/CCn1cnc2ccc(Br)nc2c1=O. The van der Waals surface area contributed by atoms with E-state index in [-0.39, 0.29) is 5.56 Å². The van der Waals surface area contributed by atoms with Gasteiger partial charge in [0.25, 0.3) is 5.56 Å². The third kappa shape index (κ3) is 2.73. The highest BCUT2D eigenvalue weighted by Gasteiger charge is 2.05. The van der Waals surface area contributed by atoms with E-state index in [1.807, 2.05) is 12.2 Å². The molecule has 0 N–H and O–H groups in total. The minimum atomic E-state index is -0.117. The van der Waals surface area contributed by atoms with Gasteiger partial charge >= 0.3 is 0 Å². The lowest BCUT2D eigenvalue weighted by Crippen LogP contribution is -2.21. The lowest BCUT2D eigenvalue weighted by atomic mass is 10.3. The minimum Gasteiger partial charge on any atom is -0.297 e. The molecule has 0 aliphatic heterocycles. The fourth-order valence-electron chi connectivity index (χ4n) is 1.58. The average Bonchev–Trinajstić information content (AvgIpc) is 2.38. The molecule has 0 fully saturated rings. The number of hydrogen-bond donors (Lipinski definition) is 0. The summed E-state index contributed by atoms with van der Waals surface area (Å²) in [7, 11) is 0. The maximum Gasteiger partial charge on any atom is 0.279 e. The van der Waals surface area contributed by atoms with Gasteiger partial charge in [0.15, 0.2) is 5.52 Å². The van der Waals surface area contributed by atoms with Crippen molar-refractivity contribution in [1.29, 1.82) is 0 Å². The van der Waals surface area contributed by atoms with Crippen molar-refractivity contribution in [3.63, 3.8) is 0 Å². The van der Waals surface area contributed by atoms with E-state index in [0.29, 0.717) is 22.2 Å². The highest BCUT2D eigenvalue weighted by molar-refractivity contribution is 9.10. The van der Waals surface area contributed by atoms with Gasteiger partial charge in [-0.3, -0.25) is 9.36 Å². The van der Waals surface area contributed by atoms with Gasteiger partial charge in [0.2, 0.25) is 0 Å². The van der Waals surface area contributed by atoms with Crippen molar-refractivity contribution >= 4 is 27.0 Å². The number of hydrogen-bond acceptors (Lipinski definition) is 3. The Labute approximate surface area is 113 Å². The highest BCUT2D eigenvalue weighted by atomic mass is 79.9. The van der Waals surface area contributed by atoms with Crippen LogP contribution >= 0.6 is 15.9 Å². The molecule has 0 aliphatic carbocycles. The van der Waals surface area contributed by atoms with Crippen molar-refractivity contribution in [1.82, 2.24) is 14.5 Å². The van der Waals surface area contributed by atoms with E-state index in [4.69, 9.17) is 0 Å². The second kappa shape index (κ2) is 5.73. The molecule has 18 heavy (non-hydrogen) atoms. The third-order valence-electron chi connectivity index (χ3n) is 2.45. The van der Waals surface area contributed by atoms with Gasteiger partial charge < -0.3 is 0 Å². The second-order valence-corrected chi connectivity index (χ2v) is 4.51. The van der Waals surface area contributed by atoms with E-state index in [1.54, 1.807) is 29.1 Å². The standard InChI is InChI=1S/C13H12BrN3O/c1-2-3-4-5-8-17-9-15-10-6-7-11(14)16-12(10)13(17)18/h2-4,6-7,9H,1,5,8H2/b4-3+. The lowest BCUT2D eigenvalue weighted by Gasteiger charge is -2.04. The minimum absolute atomic E-state index is 0.117. The number of halogens is 1. The fraction of sp³-hybridized carbons (Fsp3) is 0.154. The van der Waals surface area contributed by atoms with Crippen LogP contribution in [0.15, 0.2) is 52.7 Å². The molecule has 2 aromatic rings. The van der Waals surface area contributed by atoms with Crippen LogP contribution in [-0.2, 0) is 6.54 Å². The zero-order valence-corrected chi connectivity index (χ0v) is 11.3. The van der Waals surface area contributed by atoms with Crippen LogP contribution in [0.25, 0.3) is 11.0 Å². The average molecular weight is 306 g/mol. The van der Waals surface area contributed by atoms with Crippen molar-refractivity contribution < 1.29 is 0 Å². The monoisotopic (exact) mass is 305 g/mol. The van der Waals surface area contributed by atoms with Crippen LogP contribution in [0, 0.1) is 0 Å². The Morgan fingerprint density at radius 3 is 3.06 bits per heavy atom. The molecule has 0 amide bonds. The van der Waals surface area contributed by atoms with Gasteiger partial charge in [0, 0.05) is 6.54 Å². The first-order valence-corrected chi connectivity index (χ1v) is 6.31. The van der Waals surface area contributed by atoms with Crippen molar-refractivity contribution in [3.8, 4) is 0 Å². The number of fused-ring (bicyclic) bond motifs is 1. The van der Waals surface area contributed by atoms with Crippen LogP contribution in [0.5, 0.6) is 0 Å². The van der Waals surface area contributed by atoms with Crippen LogP contribution in [-0.4, -0.2) is 14.5 Å². The molecule has 0 aromatic carbocycles. The van der Waals surface area contributed by atoms with E-state index in [0.717, 1.165) is 6.42 Å². The summed E-state index contributed by atoms with van der Waals surface area (Å²) in [5.74, 6) is 0. The molecule has 0 bridgehead atoms. The number of allylic oxidation sites excluding steroid dienone is 3. The summed E-state index contributed by atoms with van der Waals surface area (Å²) in [5, 5.41) is 0. The van der Waals surface area contributed by atoms with E-state index in [2.05, 4.69) is 32.5 Å². The lowest BCUT2D eigenvalue weighted by molar-refractivity contribution is 0.672. The van der Waals surface area contributed by atoms with Gasteiger partial charge in [-0.1, -0.05) is 24.8 Å². The molecule has 2 heterocycles. The van der Waals surface area contributed by atoms with Crippen molar-refractivity contribution in [2.45, 2.75) is 13.0 Å². The van der Waals surface area contributed by atoms with Crippen LogP contribution in [0.1, 0.15) is 6.42 Å². The summed E-state index contributed by atoms with van der Waals surface area (Å²) in [6.45, 7) is 4.17. The zero-order valence-electron chi connectivity index (χ0n) is 9.71. The summed E-state index contributed by atoms with van der Waals surface area (Å²) in [6.07, 6.45) is 7.83. The summed E-state index contributed by atoms with van der Waals surface area (Å²) < 4.78 is 2.20. The molecule has 92 valence electrons. The first-order chi connectivity index (χ1) is 8.72. The molecular weight excluding hydrogens is 294 g/mol. The van der Waals surface area contributed by atoms with Crippen LogP contribution < -0.4 is 5.56 Å². The largest absolute Gasteiger partial charge is 0.297 e. The molecule has 0 spiro atoms. The molecule has 0 unspecified atom stereocenters. The van der Waals surface area contributed by atoms with Gasteiger partial charge in [0.05, 0.1) is 11.8 Å². The van der Waals surface area contributed by atoms with Crippen LogP contribution in [0.2, 0.25) is 0 Å². The number of nitrogens with zero attached hydrogens (tertiary/aromatic N) is 3. The molecular formula is C13H12BrN3O. The summed E-state index contributed by atoms with van der Waals surface area (Å²) in [4.78, 5) is 20.5.